The Labute approximate surface area is 128 Å². The Kier molecular flexibility index (Phi) is 5.27. The fourth-order valence-electron chi connectivity index (χ4n) is 3.30. The summed E-state index contributed by atoms with van der Waals surface area (Å²) in [6.45, 7) is 6.79. The van der Waals surface area contributed by atoms with Crippen LogP contribution in [0.2, 0.25) is 0 Å². The topological polar surface area (TPSA) is 38.3 Å². The Hall–Kier alpha value is -1.51. The normalized spacial score (nSPS) is 25.6. The van der Waals surface area contributed by atoms with Crippen LogP contribution in [0, 0.1) is 11.8 Å². The average Bonchev–Trinajstić information content (AvgIpc) is 2.48. The zero-order chi connectivity index (χ0) is 15.3. The molecule has 0 radical (unpaired) electrons. The predicted octanol–water partition coefficient (Wildman–Crippen LogP) is 4.25. The molecule has 116 valence electrons. The summed E-state index contributed by atoms with van der Waals surface area (Å²) in [7, 11) is 0. The van der Waals surface area contributed by atoms with Gasteiger partial charge in [0.15, 0.2) is 0 Å². The largest absolute Gasteiger partial charge is 0.464 e. The molecule has 2 unspecified atom stereocenters. The van der Waals surface area contributed by atoms with E-state index in [1.807, 2.05) is 37.3 Å². The summed E-state index contributed by atoms with van der Waals surface area (Å²) in [5.74, 6) is 1.07. The van der Waals surface area contributed by atoms with Crippen LogP contribution >= 0.6 is 0 Å². The summed E-state index contributed by atoms with van der Waals surface area (Å²) in [4.78, 5) is 12.6. The van der Waals surface area contributed by atoms with Crippen molar-refractivity contribution in [2.45, 2.75) is 52.0 Å². The molecule has 1 N–H and O–H groups in total. The molecule has 2 rings (SSSR count). The van der Waals surface area contributed by atoms with Gasteiger partial charge in [-0.15, -0.1) is 0 Å². The maximum atomic E-state index is 12.6. The van der Waals surface area contributed by atoms with Gasteiger partial charge in [0, 0.05) is 5.69 Å². The summed E-state index contributed by atoms with van der Waals surface area (Å²) < 4.78 is 5.38. The monoisotopic (exact) mass is 289 g/mol. The molecule has 0 aromatic heterocycles. The first-order valence-corrected chi connectivity index (χ1v) is 8.08. The minimum atomic E-state index is -0.565. The zero-order valence-corrected chi connectivity index (χ0v) is 13.4. The lowest BCUT2D eigenvalue weighted by Gasteiger charge is -2.41. The number of rotatable bonds is 5. The molecular formula is C18H27NO2. The Balaban J connectivity index is 2.24. The SMILES string of the molecule is CCOC(=O)C1(Nc2ccccc2)CCCC(C(C)C)C1. The number of benzene rings is 1. The van der Waals surface area contributed by atoms with Crippen LogP contribution in [0.4, 0.5) is 5.69 Å². The van der Waals surface area contributed by atoms with Gasteiger partial charge in [0.2, 0.25) is 0 Å². The highest BCUT2D eigenvalue weighted by molar-refractivity contribution is 5.84. The number of hydrogen-bond acceptors (Lipinski definition) is 3. The number of anilines is 1. The highest BCUT2D eigenvalue weighted by atomic mass is 16.5. The second kappa shape index (κ2) is 6.97. The number of para-hydroxylation sites is 1. The molecule has 0 heterocycles. The van der Waals surface area contributed by atoms with Crippen LogP contribution in [0.15, 0.2) is 30.3 Å². The van der Waals surface area contributed by atoms with Gasteiger partial charge in [-0.3, -0.25) is 0 Å². The number of hydrogen-bond donors (Lipinski definition) is 1. The van der Waals surface area contributed by atoms with Gasteiger partial charge < -0.3 is 10.1 Å². The molecule has 1 aromatic rings. The Morgan fingerprint density at radius 3 is 2.71 bits per heavy atom. The molecule has 3 heteroatoms. The van der Waals surface area contributed by atoms with Crippen LogP contribution < -0.4 is 5.32 Å². The summed E-state index contributed by atoms with van der Waals surface area (Å²) in [5.41, 5.74) is 0.430. The smallest absolute Gasteiger partial charge is 0.331 e. The Morgan fingerprint density at radius 2 is 2.10 bits per heavy atom. The van der Waals surface area contributed by atoms with Crippen LogP contribution in [-0.2, 0) is 9.53 Å². The van der Waals surface area contributed by atoms with Crippen LogP contribution in [-0.4, -0.2) is 18.1 Å². The lowest BCUT2D eigenvalue weighted by atomic mass is 9.71. The van der Waals surface area contributed by atoms with Crippen molar-refractivity contribution < 1.29 is 9.53 Å². The minimum Gasteiger partial charge on any atom is -0.464 e. The molecule has 1 aliphatic rings. The van der Waals surface area contributed by atoms with Gasteiger partial charge in [0.05, 0.1) is 6.61 Å². The molecule has 3 nitrogen and oxygen atoms in total. The van der Waals surface area contributed by atoms with Crippen molar-refractivity contribution in [3.05, 3.63) is 30.3 Å². The van der Waals surface area contributed by atoms with Crippen molar-refractivity contribution in [2.75, 3.05) is 11.9 Å². The van der Waals surface area contributed by atoms with E-state index < -0.39 is 5.54 Å². The quantitative estimate of drug-likeness (QED) is 0.824. The summed E-state index contributed by atoms with van der Waals surface area (Å²) in [5, 5.41) is 3.49. The molecule has 1 aromatic carbocycles. The van der Waals surface area contributed by atoms with Crippen LogP contribution in [0.3, 0.4) is 0 Å². The predicted molar refractivity (Wildman–Crippen MR) is 86.2 cm³/mol. The number of ether oxygens (including phenoxy) is 1. The maximum absolute atomic E-state index is 12.6. The van der Waals surface area contributed by atoms with E-state index in [2.05, 4.69) is 19.2 Å². The fraction of sp³-hybridized carbons (Fsp3) is 0.611. The van der Waals surface area contributed by atoms with Crippen molar-refractivity contribution >= 4 is 11.7 Å². The lowest BCUT2D eigenvalue weighted by molar-refractivity contribution is -0.150. The molecule has 1 aliphatic carbocycles. The van der Waals surface area contributed by atoms with Gasteiger partial charge in [0.25, 0.3) is 0 Å². The number of carbonyl (C=O) groups is 1. The number of nitrogens with one attached hydrogen (secondary N) is 1. The number of carbonyl (C=O) groups excluding carboxylic acids is 1. The van der Waals surface area contributed by atoms with Crippen LogP contribution in [0.5, 0.6) is 0 Å². The van der Waals surface area contributed by atoms with E-state index in [4.69, 9.17) is 4.74 Å². The summed E-state index contributed by atoms with van der Waals surface area (Å²) >= 11 is 0. The molecule has 1 saturated carbocycles. The maximum Gasteiger partial charge on any atom is 0.331 e. The number of esters is 1. The van der Waals surface area contributed by atoms with Gasteiger partial charge in [-0.2, -0.15) is 0 Å². The van der Waals surface area contributed by atoms with E-state index >= 15 is 0 Å². The minimum absolute atomic E-state index is 0.0980. The molecule has 1 fully saturated rings. The molecule has 0 amide bonds. The molecule has 2 atom stereocenters. The van der Waals surface area contributed by atoms with E-state index in [-0.39, 0.29) is 5.97 Å². The summed E-state index contributed by atoms with van der Waals surface area (Å²) in [6.07, 6.45) is 3.99. The third kappa shape index (κ3) is 3.78. The van der Waals surface area contributed by atoms with E-state index in [9.17, 15) is 4.79 Å². The van der Waals surface area contributed by atoms with E-state index in [1.54, 1.807) is 0 Å². The van der Waals surface area contributed by atoms with Gasteiger partial charge >= 0.3 is 5.97 Å². The van der Waals surface area contributed by atoms with Crippen molar-refractivity contribution in [2.24, 2.45) is 11.8 Å². The molecule has 21 heavy (non-hydrogen) atoms. The second-order valence-corrected chi connectivity index (χ2v) is 6.39. The average molecular weight is 289 g/mol. The first-order valence-electron chi connectivity index (χ1n) is 8.08. The summed E-state index contributed by atoms with van der Waals surface area (Å²) in [6, 6.07) is 9.99. The lowest BCUT2D eigenvalue weighted by Crippen LogP contribution is -2.51. The van der Waals surface area contributed by atoms with E-state index in [1.165, 1.54) is 6.42 Å². The van der Waals surface area contributed by atoms with Crippen molar-refractivity contribution in [3.63, 3.8) is 0 Å². The standard InChI is InChI=1S/C18H27NO2/c1-4-21-17(20)18(19-16-10-6-5-7-11-16)12-8-9-15(13-18)14(2)3/h5-7,10-11,14-15,19H,4,8-9,12-13H2,1-3H3. The van der Waals surface area contributed by atoms with Gasteiger partial charge in [0.1, 0.15) is 5.54 Å². The molecular weight excluding hydrogens is 262 g/mol. The highest BCUT2D eigenvalue weighted by Gasteiger charge is 2.44. The van der Waals surface area contributed by atoms with Gasteiger partial charge in [-0.05, 0) is 50.2 Å². The van der Waals surface area contributed by atoms with Crippen molar-refractivity contribution in [3.8, 4) is 0 Å². The van der Waals surface area contributed by atoms with Crippen LogP contribution in [0.1, 0.15) is 46.5 Å². The third-order valence-corrected chi connectivity index (χ3v) is 4.56. The Bertz CT molecular complexity index is 458. The first-order chi connectivity index (χ1) is 10.1. The van der Waals surface area contributed by atoms with E-state index in [0.29, 0.717) is 18.4 Å². The highest BCUT2D eigenvalue weighted by Crippen LogP contribution is 2.39. The van der Waals surface area contributed by atoms with Crippen LogP contribution in [0.25, 0.3) is 0 Å². The van der Waals surface area contributed by atoms with Crippen molar-refractivity contribution in [1.29, 1.82) is 0 Å². The Morgan fingerprint density at radius 1 is 1.38 bits per heavy atom. The zero-order valence-electron chi connectivity index (χ0n) is 13.4. The molecule has 0 aliphatic heterocycles. The molecule has 0 bridgehead atoms. The molecule has 0 spiro atoms. The third-order valence-electron chi connectivity index (χ3n) is 4.56. The van der Waals surface area contributed by atoms with Crippen molar-refractivity contribution in [1.82, 2.24) is 0 Å². The first kappa shape index (κ1) is 15.9. The van der Waals surface area contributed by atoms with E-state index in [0.717, 1.165) is 24.9 Å². The molecule has 0 saturated heterocycles. The fourth-order valence-corrected chi connectivity index (χ4v) is 3.30. The second-order valence-electron chi connectivity index (χ2n) is 6.39. The van der Waals surface area contributed by atoms with Gasteiger partial charge in [-0.25, -0.2) is 4.79 Å². The van der Waals surface area contributed by atoms with Gasteiger partial charge in [-0.1, -0.05) is 38.5 Å².